The van der Waals surface area contributed by atoms with Crippen LogP contribution in [0.3, 0.4) is 0 Å². The van der Waals surface area contributed by atoms with Gasteiger partial charge in [0.05, 0.1) is 12.7 Å². The average Bonchev–Trinajstić information content (AvgIpc) is 2.41. The van der Waals surface area contributed by atoms with Crippen LogP contribution in [0.2, 0.25) is 5.02 Å². The Balaban J connectivity index is 2.44. The minimum absolute atomic E-state index is 0.0905. The highest BCUT2D eigenvalue weighted by atomic mass is 35.5. The molecular weight excluding hydrogens is 252 g/mol. The number of phenolic OH excluding ortho intramolecular Hbond substituents is 1. The van der Waals surface area contributed by atoms with Gasteiger partial charge in [-0.2, -0.15) is 0 Å². The van der Waals surface area contributed by atoms with E-state index in [2.05, 4.69) is 0 Å². The van der Waals surface area contributed by atoms with Crippen molar-refractivity contribution in [1.82, 2.24) is 0 Å². The molecule has 18 heavy (non-hydrogen) atoms. The van der Waals surface area contributed by atoms with Crippen molar-refractivity contribution in [2.24, 2.45) is 0 Å². The lowest BCUT2D eigenvalue weighted by atomic mass is 10.0. The van der Waals surface area contributed by atoms with Gasteiger partial charge in [-0.25, -0.2) is 0 Å². The van der Waals surface area contributed by atoms with Crippen molar-refractivity contribution >= 4 is 17.4 Å². The van der Waals surface area contributed by atoms with E-state index >= 15 is 0 Å². The number of hydrogen-bond donors (Lipinski definition) is 1. The standard InChI is InChI=1S/C14H11ClO3/c1-18-11-4-2-3-9(7-11)14(17)12-8-10(15)5-6-13(12)16/h2-8,16H,1H3. The van der Waals surface area contributed by atoms with Crippen molar-refractivity contribution in [3.8, 4) is 11.5 Å². The molecule has 2 rings (SSSR count). The van der Waals surface area contributed by atoms with E-state index in [1.54, 1.807) is 24.3 Å². The second-order valence-electron chi connectivity index (χ2n) is 3.72. The van der Waals surface area contributed by atoms with Gasteiger partial charge >= 0.3 is 0 Å². The second-order valence-corrected chi connectivity index (χ2v) is 4.16. The first-order valence-corrected chi connectivity index (χ1v) is 5.67. The summed E-state index contributed by atoms with van der Waals surface area (Å²) < 4.78 is 5.05. The molecule has 0 aliphatic carbocycles. The van der Waals surface area contributed by atoms with Gasteiger partial charge in [0.25, 0.3) is 0 Å². The van der Waals surface area contributed by atoms with E-state index in [0.29, 0.717) is 16.3 Å². The molecule has 0 atom stereocenters. The fourth-order valence-corrected chi connectivity index (χ4v) is 1.78. The largest absolute Gasteiger partial charge is 0.507 e. The Morgan fingerprint density at radius 1 is 1.22 bits per heavy atom. The number of rotatable bonds is 3. The number of phenols is 1. The fourth-order valence-electron chi connectivity index (χ4n) is 1.61. The van der Waals surface area contributed by atoms with Crippen molar-refractivity contribution in [1.29, 1.82) is 0 Å². The zero-order chi connectivity index (χ0) is 13.1. The lowest BCUT2D eigenvalue weighted by molar-refractivity contribution is 0.103. The fraction of sp³-hybridized carbons (Fsp3) is 0.0714. The first kappa shape index (κ1) is 12.5. The summed E-state index contributed by atoms with van der Waals surface area (Å²) >= 11 is 5.82. The number of carbonyl (C=O) groups excluding carboxylic acids is 1. The third-order valence-corrected chi connectivity index (χ3v) is 2.77. The molecule has 0 bridgehead atoms. The minimum Gasteiger partial charge on any atom is -0.507 e. The molecule has 0 aliphatic rings. The molecule has 0 heterocycles. The van der Waals surface area contributed by atoms with Gasteiger partial charge in [0.2, 0.25) is 0 Å². The molecule has 0 fully saturated rings. The van der Waals surface area contributed by atoms with E-state index in [1.807, 2.05) is 0 Å². The maximum absolute atomic E-state index is 12.2. The maximum Gasteiger partial charge on any atom is 0.196 e. The van der Waals surface area contributed by atoms with Crippen LogP contribution in [0.5, 0.6) is 11.5 Å². The number of carbonyl (C=O) groups is 1. The summed E-state index contributed by atoms with van der Waals surface area (Å²) in [6, 6.07) is 11.1. The molecular formula is C14H11ClO3. The summed E-state index contributed by atoms with van der Waals surface area (Å²) in [6.07, 6.45) is 0. The molecule has 2 aromatic rings. The van der Waals surface area contributed by atoms with Crippen LogP contribution in [-0.2, 0) is 0 Å². The third kappa shape index (κ3) is 2.46. The van der Waals surface area contributed by atoms with Crippen molar-refractivity contribution in [3.05, 3.63) is 58.6 Å². The summed E-state index contributed by atoms with van der Waals surface area (Å²) in [5.41, 5.74) is 0.614. The zero-order valence-electron chi connectivity index (χ0n) is 9.68. The average molecular weight is 263 g/mol. The number of aromatic hydroxyl groups is 1. The van der Waals surface area contributed by atoms with Crippen LogP contribution < -0.4 is 4.74 Å². The molecule has 0 amide bonds. The van der Waals surface area contributed by atoms with Crippen LogP contribution >= 0.6 is 11.6 Å². The first-order chi connectivity index (χ1) is 8.61. The highest BCUT2D eigenvalue weighted by Crippen LogP contribution is 2.25. The topological polar surface area (TPSA) is 46.5 Å². The number of benzene rings is 2. The van der Waals surface area contributed by atoms with Crippen molar-refractivity contribution in [2.45, 2.75) is 0 Å². The van der Waals surface area contributed by atoms with Crippen LogP contribution in [0.25, 0.3) is 0 Å². The van der Waals surface area contributed by atoms with E-state index < -0.39 is 0 Å². The van der Waals surface area contributed by atoms with Crippen molar-refractivity contribution < 1.29 is 14.6 Å². The highest BCUT2D eigenvalue weighted by Gasteiger charge is 2.14. The van der Waals surface area contributed by atoms with E-state index in [-0.39, 0.29) is 17.1 Å². The van der Waals surface area contributed by atoms with Crippen LogP contribution in [0, 0.1) is 0 Å². The van der Waals surface area contributed by atoms with Crippen LogP contribution in [0.15, 0.2) is 42.5 Å². The molecule has 0 saturated heterocycles. The first-order valence-electron chi connectivity index (χ1n) is 5.29. The minimum atomic E-state index is -0.297. The summed E-state index contributed by atoms with van der Waals surface area (Å²) in [6.45, 7) is 0. The molecule has 0 spiro atoms. The van der Waals surface area contributed by atoms with Gasteiger partial charge in [0.15, 0.2) is 5.78 Å². The van der Waals surface area contributed by atoms with Crippen LogP contribution in [0.4, 0.5) is 0 Å². The van der Waals surface area contributed by atoms with Crippen LogP contribution in [0.1, 0.15) is 15.9 Å². The molecule has 3 nitrogen and oxygen atoms in total. The Labute approximate surface area is 110 Å². The quantitative estimate of drug-likeness (QED) is 0.864. The summed E-state index contributed by atoms with van der Waals surface area (Å²) in [5, 5.41) is 10.1. The maximum atomic E-state index is 12.2. The summed E-state index contributed by atoms with van der Waals surface area (Å²) in [7, 11) is 1.53. The predicted molar refractivity (Wildman–Crippen MR) is 69.5 cm³/mol. The highest BCUT2D eigenvalue weighted by molar-refractivity contribution is 6.31. The molecule has 4 heteroatoms. The van der Waals surface area contributed by atoms with Gasteiger partial charge in [0, 0.05) is 10.6 Å². The lowest BCUT2D eigenvalue weighted by Gasteiger charge is -2.06. The van der Waals surface area contributed by atoms with E-state index in [9.17, 15) is 9.90 Å². The van der Waals surface area contributed by atoms with E-state index in [1.165, 1.54) is 25.3 Å². The normalized spacial score (nSPS) is 10.1. The Bertz CT molecular complexity index is 593. The number of halogens is 1. The van der Waals surface area contributed by atoms with Crippen molar-refractivity contribution in [3.63, 3.8) is 0 Å². The SMILES string of the molecule is COc1cccc(C(=O)c2cc(Cl)ccc2O)c1. The van der Waals surface area contributed by atoms with E-state index in [0.717, 1.165) is 0 Å². The Hall–Kier alpha value is -2.00. The molecule has 0 aliphatic heterocycles. The number of methoxy groups -OCH3 is 1. The number of ketones is 1. The lowest BCUT2D eigenvalue weighted by Crippen LogP contribution is -2.02. The predicted octanol–water partition coefficient (Wildman–Crippen LogP) is 3.29. The van der Waals surface area contributed by atoms with Gasteiger partial charge in [0.1, 0.15) is 11.5 Å². The summed E-state index contributed by atoms with van der Waals surface area (Å²) in [5.74, 6) is 0.198. The van der Waals surface area contributed by atoms with Gasteiger partial charge in [-0.15, -0.1) is 0 Å². The molecule has 0 radical (unpaired) electrons. The third-order valence-electron chi connectivity index (χ3n) is 2.54. The monoisotopic (exact) mass is 262 g/mol. The molecule has 92 valence electrons. The Morgan fingerprint density at radius 3 is 2.72 bits per heavy atom. The molecule has 0 aromatic heterocycles. The van der Waals surface area contributed by atoms with Gasteiger partial charge < -0.3 is 9.84 Å². The molecule has 0 saturated carbocycles. The van der Waals surface area contributed by atoms with Crippen molar-refractivity contribution in [2.75, 3.05) is 7.11 Å². The molecule has 0 unspecified atom stereocenters. The zero-order valence-corrected chi connectivity index (χ0v) is 10.4. The summed E-state index contributed by atoms with van der Waals surface area (Å²) in [4.78, 5) is 12.2. The second kappa shape index (κ2) is 5.10. The van der Waals surface area contributed by atoms with Gasteiger partial charge in [-0.05, 0) is 30.3 Å². The Morgan fingerprint density at radius 2 is 2.00 bits per heavy atom. The number of hydrogen-bond acceptors (Lipinski definition) is 3. The Kier molecular flexibility index (Phi) is 3.53. The molecule has 1 N–H and O–H groups in total. The smallest absolute Gasteiger partial charge is 0.196 e. The van der Waals surface area contributed by atoms with Gasteiger partial charge in [-0.3, -0.25) is 4.79 Å². The number of ether oxygens (including phenoxy) is 1. The van der Waals surface area contributed by atoms with E-state index in [4.69, 9.17) is 16.3 Å². The molecule has 2 aromatic carbocycles. The van der Waals surface area contributed by atoms with Crippen LogP contribution in [-0.4, -0.2) is 18.0 Å². The van der Waals surface area contributed by atoms with Gasteiger partial charge in [-0.1, -0.05) is 23.7 Å².